The highest BCUT2D eigenvalue weighted by Crippen LogP contribution is 2.27. The molecule has 1 fully saturated rings. The molecular formula is C21H22ClF2N5O2. The predicted octanol–water partition coefficient (Wildman–Crippen LogP) is 2.95. The quantitative estimate of drug-likeness (QED) is 0.601. The molecule has 2 aromatic carbocycles. The number of aryl methyl sites for hydroxylation is 1. The van der Waals surface area contributed by atoms with Crippen LogP contribution in [-0.2, 0) is 11.8 Å². The van der Waals surface area contributed by atoms with Gasteiger partial charge in [-0.1, -0.05) is 11.6 Å². The molecule has 0 radical (unpaired) electrons. The van der Waals surface area contributed by atoms with E-state index in [-0.39, 0.29) is 24.2 Å². The largest absolute Gasteiger partial charge is 0.369 e. The molecule has 1 aliphatic rings. The summed E-state index contributed by atoms with van der Waals surface area (Å²) < 4.78 is 29.1. The average Bonchev–Trinajstić information content (AvgIpc) is 3.01. The minimum atomic E-state index is -0.789. The number of nitrogens with zero attached hydrogens (tertiary/aromatic N) is 3. The number of aromatic amines is 1. The summed E-state index contributed by atoms with van der Waals surface area (Å²) in [5, 5.41) is 2.36. The second-order valence-electron chi connectivity index (χ2n) is 7.76. The molecule has 1 unspecified atom stereocenters. The Hall–Kier alpha value is -2.91. The zero-order valence-corrected chi connectivity index (χ0v) is 17.8. The molecular weight excluding hydrogens is 428 g/mol. The maximum absolute atomic E-state index is 13.8. The van der Waals surface area contributed by atoms with Crippen LogP contribution in [0, 0.1) is 11.6 Å². The number of fused-ring (bicyclic) bond motifs is 1. The summed E-state index contributed by atoms with van der Waals surface area (Å²) in [6.07, 6.45) is 0. The van der Waals surface area contributed by atoms with Crippen molar-refractivity contribution in [2.24, 2.45) is 7.05 Å². The van der Waals surface area contributed by atoms with Crippen LogP contribution < -0.4 is 15.9 Å². The SMILES string of the molecule is CC1CN(c2cc(F)c(Cl)c(F)c2)CCN1CC(=O)Nc1ccc2[nH]c(=O)n(C)c2c1. The van der Waals surface area contributed by atoms with Gasteiger partial charge in [0.2, 0.25) is 5.91 Å². The number of carbonyl (C=O) groups excluding carboxylic acids is 1. The van der Waals surface area contributed by atoms with Crippen LogP contribution in [0.2, 0.25) is 5.02 Å². The molecule has 0 aliphatic carbocycles. The van der Waals surface area contributed by atoms with Crippen molar-refractivity contribution in [2.75, 3.05) is 36.4 Å². The molecule has 164 valence electrons. The van der Waals surface area contributed by atoms with Crippen LogP contribution in [-0.4, -0.2) is 52.6 Å². The van der Waals surface area contributed by atoms with E-state index in [0.29, 0.717) is 42.0 Å². The maximum atomic E-state index is 13.8. The molecule has 7 nitrogen and oxygen atoms in total. The molecule has 0 bridgehead atoms. The van der Waals surface area contributed by atoms with Gasteiger partial charge < -0.3 is 15.2 Å². The molecule has 0 saturated carbocycles. The van der Waals surface area contributed by atoms with E-state index in [0.717, 1.165) is 0 Å². The topological polar surface area (TPSA) is 73.4 Å². The zero-order chi connectivity index (χ0) is 22.3. The Labute approximate surface area is 182 Å². The fraction of sp³-hybridized carbons (Fsp3) is 0.333. The van der Waals surface area contributed by atoms with E-state index < -0.39 is 16.7 Å². The van der Waals surface area contributed by atoms with Gasteiger partial charge >= 0.3 is 5.69 Å². The van der Waals surface area contributed by atoms with Crippen LogP contribution >= 0.6 is 11.6 Å². The third-order valence-electron chi connectivity index (χ3n) is 5.63. The molecule has 31 heavy (non-hydrogen) atoms. The second kappa shape index (κ2) is 8.32. The number of rotatable bonds is 4. The molecule has 2 heterocycles. The van der Waals surface area contributed by atoms with Crippen LogP contribution in [0.15, 0.2) is 35.1 Å². The van der Waals surface area contributed by atoms with Crippen molar-refractivity contribution in [2.45, 2.75) is 13.0 Å². The molecule has 1 saturated heterocycles. The van der Waals surface area contributed by atoms with Crippen LogP contribution in [0.25, 0.3) is 11.0 Å². The van der Waals surface area contributed by atoms with Crippen molar-refractivity contribution in [3.8, 4) is 0 Å². The molecule has 1 atom stereocenters. The van der Waals surface area contributed by atoms with E-state index in [1.807, 2.05) is 16.7 Å². The van der Waals surface area contributed by atoms with E-state index >= 15 is 0 Å². The average molecular weight is 450 g/mol. The number of benzene rings is 2. The van der Waals surface area contributed by atoms with Gasteiger partial charge in [0.15, 0.2) is 0 Å². The van der Waals surface area contributed by atoms with Crippen molar-refractivity contribution in [3.05, 3.63) is 57.5 Å². The summed E-state index contributed by atoms with van der Waals surface area (Å²) in [6.45, 7) is 3.75. The van der Waals surface area contributed by atoms with Crippen LogP contribution in [0.5, 0.6) is 0 Å². The number of anilines is 2. The standard InChI is InChI=1S/C21H22ClF2N5O2/c1-12-10-29(14-8-15(23)20(22)16(24)9-14)6-5-28(12)11-19(30)25-13-3-4-17-18(7-13)27(2)21(31)26-17/h3-4,7-9,12H,5-6,10-11H2,1-2H3,(H,25,30)(H,26,31). The van der Waals surface area contributed by atoms with Crippen LogP contribution in [0.3, 0.4) is 0 Å². The third kappa shape index (κ3) is 4.28. The number of hydrogen-bond acceptors (Lipinski definition) is 4. The van der Waals surface area contributed by atoms with Gasteiger partial charge in [-0.05, 0) is 37.3 Å². The fourth-order valence-corrected chi connectivity index (χ4v) is 3.98. The summed E-state index contributed by atoms with van der Waals surface area (Å²) in [6, 6.07) is 7.68. The van der Waals surface area contributed by atoms with Crippen molar-refractivity contribution in [3.63, 3.8) is 0 Å². The lowest BCUT2D eigenvalue weighted by Crippen LogP contribution is -2.53. The molecule has 1 aromatic heterocycles. The maximum Gasteiger partial charge on any atom is 0.326 e. The first-order valence-corrected chi connectivity index (χ1v) is 10.2. The molecule has 3 aromatic rings. The highest BCUT2D eigenvalue weighted by Gasteiger charge is 2.26. The van der Waals surface area contributed by atoms with Crippen LogP contribution in [0.1, 0.15) is 6.92 Å². The Morgan fingerprint density at radius 2 is 1.94 bits per heavy atom. The van der Waals surface area contributed by atoms with E-state index in [1.54, 1.807) is 25.2 Å². The first-order valence-electron chi connectivity index (χ1n) is 9.85. The molecule has 1 amide bonds. The molecule has 1 aliphatic heterocycles. The lowest BCUT2D eigenvalue weighted by atomic mass is 10.1. The number of imidazole rings is 1. The van der Waals surface area contributed by atoms with E-state index in [9.17, 15) is 18.4 Å². The first kappa shape index (κ1) is 21.3. The van der Waals surface area contributed by atoms with Gasteiger partial charge in [-0.3, -0.25) is 14.3 Å². The van der Waals surface area contributed by atoms with Gasteiger partial charge in [-0.2, -0.15) is 0 Å². The molecule has 2 N–H and O–H groups in total. The van der Waals surface area contributed by atoms with Crippen molar-refractivity contribution < 1.29 is 13.6 Å². The van der Waals surface area contributed by atoms with Gasteiger partial charge in [0.05, 0.1) is 17.6 Å². The molecule has 10 heteroatoms. The number of carbonyl (C=O) groups is 1. The summed E-state index contributed by atoms with van der Waals surface area (Å²) in [5.41, 5.74) is 2.22. The van der Waals surface area contributed by atoms with Gasteiger partial charge in [-0.15, -0.1) is 0 Å². The lowest BCUT2D eigenvalue weighted by molar-refractivity contribution is -0.117. The summed E-state index contributed by atoms with van der Waals surface area (Å²) in [7, 11) is 1.66. The number of aromatic nitrogens is 2. The van der Waals surface area contributed by atoms with Gasteiger partial charge in [0, 0.05) is 44.1 Å². The number of hydrogen-bond donors (Lipinski definition) is 2. The highest BCUT2D eigenvalue weighted by atomic mass is 35.5. The Bertz CT molecular complexity index is 1190. The number of halogens is 3. The number of nitrogens with one attached hydrogen (secondary N) is 2. The lowest BCUT2D eigenvalue weighted by Gasteiger charge is -2.40. The Morgan fingerprint density at radius 3 is 2.61 bits per heavy atom. The number of amides is 1. The van der Waals surface area contributed by atoms with Crippen LogP contribution in [0.4, 0.5) is 20.2 Å². The zero-order valence-electron chi connectivity index (χ0n) is 17.1. The second-order valence-corrected chi connectivity index (χ2v) is 8.14. The van der Waals surface area contributed by atoms with Gasteiger partial charge in [0.1, 0.15) is 16.7 Å². The first-order chi connectivity index (χ1) is 14.7. The Kier molecular flexibility index (Phi) is 5.72. The normalized spacial score (nSPS) is 17.3. The van der Waals surface area contributed by atoms with Crippen molar-refractivity contribution in [1.82, 2.24) is 14.5 Å². The summed E-state index contributed by atoms with van der Waals surface area (Å²) in [4.78, 5) is 30.9. The predicted molar refractivity (Wildman–Crippen MR) is 117 cm³/mol. The van der Waals surface area contributed by atoms with Crippen molar-refractivity contribution in [1.29, 1.82) is 0 Å². The highest BCUT2D eigenvalue weighted by molar-refractivity contribution is 6.31. The fourth-order valence-electron chi connectivity index (χ4n) is 3.88. The summed E-state index contributed by atoms with van der Waals surface area (Å²) in [5.74, 6) is -1.75. The molecule has 4 rings (SSSR count). The van der Waals surface area contributed by atoms with E-state index in [2.05, 4.69) is 10.3 Å². The summed E-state index contributed by atoms with van der Waals surface area (Å²) >= 11 is 5.57. The Balaban J connectivity index is 1.39. The smallest absolute Gasteiger partial charge is 0.326 e. The number of piperazine rings is 1. The minimum absolute atomic E-state index is 0.00530. The monoisotopic (exact) mass is 449 g/mol. The minimum Gasteiger partial charge on any atom is -0.369 e. The Morgan fingerprint density at radius 1 is 1.23 bits per heavy atom. The van der Waals surface area contributed by atoms with E-state index in [4.69, 9.17) is 11.6 Å². The van der Waals surface area contributed by atoms with Crippen molar-refractivity contribution >= 4 is 39.9 Å². The molecule has 0 spiro atoms. The van der Waals surface area contributed by atoms with Gasteiger partial charge in [0.25, 0.3) is 0 Å². The van der Waals surface area contributed by atoms with E-state index in [1.165, 1.54) is 16.7 Å². The number of H-pyrrole nitrogens is 1. The third-order valence-corrected chi connectivity index (χ3v) is 6.00. The van der Waals surface area contributed by atoms with Gasteiger partial charge in [-0.25, -0.2) is 13.6 Å².